The number of likely N-dealkylation sites (N-methyl/N-ethyl adjacent to an activating group) is 1. The minimum atomic E-state index is 0.285. The van der Waals surface area contributed by atoms with Crippen molar-refractivity contribution < 1.29 is 4.74 Å². The van der Waals surface area contributed by atoms with Crippen molar-refractivity contribution in [2.24, 2.45) is 5.41 Å². The van der Waals surface area contributed by atoms with Gasteiger partial charge in [0.05, 0.1) is 6.61 Å². The van der Waals surface area contributed by atoms with Gasteiger partial charge in [0.2, 0.25) is 0 Å². The van der Waals surface area contributed by atoms with E-state index in [0.717, 1.165) is 32.8 Å². The maximum Gasteiger partial charge on any atom is 0.0546 e. The molecule has 0 radical (unpaired) electrons. The van der Waals surface area contributed by atoms with Gasteiger partial charge in [-0.05, 0) is 40.3 Å². The fourth-order valence-corrected chi connectivity index (χ4v) is 3.57. The molecule has 2 aliphatic rings. The van der Waals surface area contributed by atoms with Gasteiger partial charge in [0, 0.05) is 50.3 Å². The molecule has 2 rings (SSSR count). The first-order valence-electron chi connectivity index (χ1n) is 8.20. The average molecular weight is 283 g/mol. The van der Waals surface area contributed by atoms with Crippen LogP contribution in [0.3, 0.4) is 0 Å². The van der Waals surface area contributed by atoms with Gasteiger partial charge < -0.3 is 10.1 Å². The Morgan fingerprint density at radius 2 is 2.05 bits per heavy atom. The van der Waals surface area contributed by atoms with Crippen LogP contribution in [0.1, 0.15) is 33.6 Å². The second-order valence-electron chi connectivity index (χ2n) is 7.38. The molecule has 0 aromatic heterocycles. The Bertz CT molecular complexity index is 300. The molecule has 4 nitrogen and oxygen atoms in total. The molecule has 20 heavy (non-hydrogen) atoms. The van der Waals surface area contributed by atoms with E-state index in [1.807, 2.05) is 0 Å². The highest BCUT2D eigenvalue weighted by Gasteiger charge is 2.38. The van der Waals surface area contributed by atoms with E-state index in [1.54, 1.807) is 0 Å². The van der Waals surface area contributed by atoms with Crippen LogP contribution < -0.4 is 5.32 Å². The van der Waals surface area contributed by atoms with E-state index in [9.17, 15) is 0 Å². The predicted molar refractivity (Wildman–Crippen MR) is 84.2 cm³/mol. The quantitative estimate of drug-likeness (QED) is 0.826. The lowest BCUT2D eigenvalue weighted by atomic mass is 9.81. The maximum absolute atomic E-state index is 5.82. The molecule has 0 aromatic carbocycles. The second-order valence-corrected chi connectivity index (χ2v) is 7.38. The van der Waals surface area contributed by atoms with Crippen LogP contribution in [0.25, 0.3) is 0 Å². The summed E-state index contributed by atoms with van der Waals surface area (Å²) in [5.41, 5.74) is 0.605. The molecule has 1 N–H and O–H groups in total. The van der Waals surface area contributed by atoms with Gasteiger partial charge >= 0.3 is 0 Å². The summed E-state index contributed by atoms with van der Waals surface area (Å²) in [6, 6.07) is 0. The lowest BCUT2D eigenvalue weighted by Crippen LogP contribution is -2.60. The summed E-state index contributed by atoms with van der Waals surface area (Å²) in [4.78, 5) is 5.14. The molecule has 0 bridgehead atoms. The first-order valence-corrected chi connectivity index (χ1v) is 8.20. The zero-order valence-electron chi connectivity index (χ0n) is 13.9. The number of rotatable bonds is 5. The van der Waals surface area contributed by atoms with Crippen LogP contribution in [0, 0.1) is 5.41 Å². The van der Waals surface area contributed by atoms with Gasteiger partial charge in [-0.25, -0.2) is 0 Å². The second kappa shape index (κ2) is 6.73. The van der Waals surface area contributed by atoms with E-state index in [-0.39, 0.29) is 5.54 Å². The normalized spacial score (nSPS) is 32.4. The lowest BCUT2D eigenvalue weighted by molar-refractivity contribution is -0.0463. The molecule has 0 amide bonds. The molecular formula is C16H33N3O. The van der Waals surface area contributed by atoms with E-state index >= 15 is 0 Å². The maximum atomic E-state index is 5.82. The summed E-state index contributed by atoms with van der Waals surface area (Å²) in [5, 5.41) is 3.56. The Kier molecular flexibility index (Phi) is 5.46. The zero-order valence-corrected chi connectivity index (χ0v) is 13.9. The Hall–Kier alpha value is -0.160. The molecule has 4 heteroatoms. The molecule has 1 atom stereocenters. The van der Waals surface area contributed by atoms with Crippen LogP contribution in [-0.4, -0.2) is 74.9 Å². The molecular weight excluding hydrogens is 250 g/mol. The lowest BCUT2D eigenvalue weighted by Gasteiger charge is -2.49. The Morgan fingerprint density at radius 3 is 2.65 bits per heavy atom. The highest BCUT2D eigenvalue weighted by Crippen LogP contribution is 2.31. The van der Waals surface area contributed by atoms with Gasteiger partial charge in [-0.1, -0.05) is 6.92 Å². The minimum Gasteiger partial charge on any atom is -0.381 e. The van der Waals surface area contributed by atoms with Gasteiger partial charge in [-0.2, -0.15) is 0 Å². The van der Waals surface area contributed by atoms with Crippen molar-refractivity contribution in [2.75, 3.05) is 59.5 Å². The Labute approximate surface area is 124 Å². The summed E-state index contributed by atoms with van der Waals surface area (Å²) in [6.07, 6.45) is 2.51. The molecule has 0 aromatic rings. The van der Waals surface area contributed by atoms with Crippen molar-refractivity contribution in [3.63, 3.8) is 0 Å². The number of hydrogen-bond donors (Lipinski definition) is 1. The van der Waals surface area contributed by atoms with E-state index in [2.05, 4.69) is 42.9 Å². The highest BCUT2D eigenvalue weighted by atomic mass is 16.5. The minimum absolute atomic E-state index is 0.285. The smallest absolute Gasteiger partial charge is 0.0546 e. The van der Waals surface area contributed by atoms with Gasteiger partial charge in [0.15, 0.2) is 0 Å². The van der Waals surface area contributed by atoms with Gasteiger partial charge in [-0.3, -0.25) is 9.80 Å². The fourth-order valence-electron chi connectivity index (χ4n) is 3.57. The van der Waals surface area contributed by atoms with Crippen LogP contribution in [0.2, 0.25) is 0 Å². The van der Waals surface area contributed by atoms with Crippen molar-refractivity contribution in [3.8, 4) is 0 Å². The standard InChI is InChI=1S/C16H33N3O/c1-5-17-11-16(7-6-10-20-14-16)13-19-9-8-18(4)15(2,3)12-19/h17H,5-14H2,1-4H3. The third-order valence-electron chi connectivity index (χ3n) is 5.11. The third kappa shape index (κ3) is 3.94. The summed E-state index contributed by atoms with van der Waals surface area (Å²) in [6.45, 7) is 15.6. The van der Waals surface area contributed by atoms with E-state index in [0.29, 0.717) is 5.41 Å². The largest absolute Gasteiger partial charge is 0.381 e. The van der Waals surface area contributed by atoms with Crippen molar-refractivity contribution in [1.82, 2.24) is 15.1 Å². The highest BCUT2D eigenvalue weighted by molar-refractivity contribution is 4.93. The van der Waals surface area contributed by atoms with Crippen molar-refractivity contribution in [3.05, 3.63) is 0 Å². The number of hydrogen-bond acceptors (Lipinski definition) is 4. The zero-order chi connectivity index (χ0) is 14.6. The molecule has 0 aliphatic carbocycles. The summed E-state index contributed by atoms with van der Waals surface area (Å²) < 4.78 is 5.82. The number of piperazine rings is 1. The predicted octanol–water partition coefficient (Wildman–Crippen LogP) is 1.42. The van der Waals surface area contributed by atoms with Crippen molar-refractivity contribution in [1.29, 1.82) is 0 Å². The van der Waals surface area contributed by atoms with Crippen molar-refractivity contribution >= 4 is 0 Å². The van der Waals surface area contributed by atoms with E-state index in [1.165, 1.54) is 32.5 Å². The third-order valence-corrected chi connectivity index (χ3v) is 5.11. The van der Waals surface area contributed by atoms with Crippen LogP contribution in [0.5, 0.6) is 0 Å². The molecule has 0 saturated carbocycles. The van der Waals surface area contributed by atoms with E-state index < -0.39 is 0 Å². The first-order chi connectivity index (χ1) is 9.47. The first kappa shape index (κ1) is 16.2. The van der Waals surface area contributed by atoms with Gasteiger partial charge in [0.1, 0.15) is 0 Å². The number of nitrogens with one attached hydrogen (secondary N) is 1. The fraction of sp³-hybridized carbons (Fsp3) is 1.00. The number of ether oxygens (including phenoxy) is 1. The Balaban J connectivity index is 1.97. The van der Waals surface area contributed by atoms with Crippen LogP contribution in [0.4, 0.5) is 0 Å². The van der Waals surface area contributed by atoms with Gasteiger partial charge in [-0.15, -0.1) is 0 Å². The van der Waals surface area contributed by atoms with E-state index in [4.69, 9.17) is 4.74 Å². The molecule has 2 heterocycles. The van der Waals surface area contributed by atoms with Crippen LogP contribution in [-0.2, 0) is 4.74 Å². The van der Waals surface area contributed by atoms with Crippen molar-refractivity contribution in [2.45, 2.75) is 39.2 Å². The topological polar surface area (TPSA) is 27.7 Å². The summed E-state index contributed by atoms with van der Waals surface area (Å²) in [5.74, 6) is 0. The monoisotopic (exact) mass is 283 g/mol. The number of nitrogens with zero attached hydrogens (tertiary/aromatic N) is 2. The molecule has 1 unspecified atom stereocenters. The molecule has 2 aliphatic heterocycles. The summed E-state index contributed by atoms with van der Waals surface area (Å²) >= 11 is 0. The van der Waals surface area contributed by atoms with Gasteiger partial charge in [0.25, 0.3) is 0 Å². The molecule has 118 valence electrons. The molecule has 0 spiro atoms. The average Bonchev–Trinajstić information content (AvgIpc) is 2.42. The van der Waals surface area contributed by atoms with Crippen LogP contribution in [0.15, 0.2) is 0 Å². The van der Waals surface area contributed by atoms with Crippen LogP contribution >= 0.6 is 0 Å². The Morgan fingerprint density at radius 1 is 1.25 bits per heavy atom. The SMILES string of the molecule is CCNCC1(CN2CCN(C)C(C)(C)C2)CCCOC1. The summed E-state index contributed by atoms with van der Waals surface area (Å²) in [7, 11) is 2.25. The molecule has 2 saturated heterocycles. The molecule has 2 fully saturated rings.